The molecule has 1 saturated heterocycles. The lowest BCUT2D eigenvalue weighted by Gasteiger charge is -2.26. The van der Waals surface area contributed by atoms with Crippen molar-refractivity contribution in [1.29, 1.82) is 0 Å². The first kappa shape index (κ1) is 22.4. The van der Waals surface area contributed by atoms with Gasteiger partial charge in [-0.05, 0) is 68.5 Å². The van der Waals surface area contributed by atoms with Crippen LogP contribution in [0.4, 0.5) is 5.69 Å². The van der Waals surface area contributed by atoms with E-state index >= 15 is 0 Å². The van der Waals surface area contributed by atoms with Crippen molar-refractivity contribution in [2.24, 2.45) is 0 Å². The van der Waals surface area contributed by atoms with E-state index in [4.69, 9.17) is 4.74 Å². The number of aryl methyl sites for hydroxylation is 1. The van der Waals surface area contributed by atoms with Crippen molar-refractivity contribution in [3.63, 3.8) is 0 Å². The molecule has 0 unspecified atom stereocenters. The Morgan fingerprint density at radius 1 is 1.24 bits per heavy atom. The molecule has 0 atom stereocenters. The largest absolute Gasteiger partial charge is 0.379 e. The molecule has 3 heterocycles. The van der Waals surface area contributed by atoms with E-state index in [0.29, 0.717) is 12.1 Å². The summed E-state index contributed by atoms with van der Waals surface area (Å²) in [6.07, 6.45) is 3.47. The van der Waals surface area contributed by atoms with E-state index in [9.17, 15) is 9.59 Å². The zero-order valence-corrected chi connectivity index (χ0v) is 20.4. The van der Waals surface area contributed by atoms with Gasteiger partial charge in [0, 0.05) is 46.7 Å². The van der Waals surface area contributed by atoms with Gasteiger partial charge in [-0.1, -0.05) is 15.9 Å². The molecule has 2 amide bonds. The average molecular weight is 513 g/mol. The molecule has 7 nitrogen and oxygen atoms in total. The number of nitrogens with one attached hydrogen (secondary N) is 3. The van der Waals surface area contributed by atoms with Crippen LogP contribution in [0, 0.1) is 6.92 Å². The van der Waals surface area contributed by atoms with Crippen molar-refractivity contribution in [3.8, 4) is 0 Å². The summed E-state index contributed by atoms with van der Waals surface area (Å²) in [6, 6.07) is 5.84. The monoisotopic (exact) mass is 512 g/mol. The molecule has 2 aliphatic heterocycles. The van der Waals surface area contributed by atoms with Crippen LogP contribution in [-0.4, -0.2) is 61.1 Å². The van der Waals surface area contributed by atoms with E-state index in [0.717, 1.165) is 102 Å². The first-order chi connectivity index (χ1) is 16.0. The van der Waals surface area contributed by atoms with Gasteiger partial charge in [0.15, 0.2) is 0 Å². The molecule has 1 fully saturated rings. The summed E-state index contributed by atoms with van der Waals surface area (Å²) in [4.78, 5) is 31.8. The molecule has 3 aliphatic rings. The number of hydrogen-bond acceptors (Lipinski definition) is 4. The maximum atomic E-state index is 13.1. The lowest BCUT2D eigenvalue weighted by atomic mass is 9.86. The van der Waals surface area contributed by atoms with Gasteiger partial charge in [-0.25, -0.2) is 0 Å². The van der Waals surface area contributed by atoms with Crippen LogP contribution < -0.4 is 10.6 Å². The Morgan fingerprint density at radius 3 is 2.88 bits per heavy atom. The van der Waals surface area contributed by atoms with Crippen molar-refractivity contribution in [1.82, 2.24) is 15.2 Å². The van der Waals surface area contributed by atoms with Crippen LogP contribution in [0.2, 0.25) is 0 Å². The van der Waals surface area contributed by atoms with Crippen molar-refractivity contribution >= 4 is 44.6 Å². The van der Waals surface area contributed by atoms with Crippen molar-refractivity contribution in [3.05, 3.63) is 50.8 Å². The molecular formula is C25H29BrN4O3. The summed E-state index contributed by atoms with van der Waals surface area (Å²) in [5.41, 5.74) is 7.03. The highest BCUT2D eigenvalue weighted by molar-refractivity contribution is 9.10. The zero-order valence-electron chi connectivity index (χ0n) is 18.9. The molecule has 1 aromatic heterocycles. The predicted octanol–water partition coefficient (Wildman–Crippen LogP) is 3.74. The molecule has 1 aliphatic carbocycles. The number of H-pyrrole nitrogens is 1. The summed E-state index contributed by atoms with van der Waals surface area (Å²) in [7, 11) is 0. The summed E-state index contributed by atoms with van der Waals surface area (Å²) in [5.74, 6) is -0.107. The second kappa shape index (κ2) is 9.44. The molecule has 0 radical (unpaired) electrons. The van der Waals surface area contributed by atoms with Crippen LogP contribution in [0.25, 0.3) is 11.1 Å². The minimum absolute atomic E-state index is 0.0303. The van der Waals surface area contributed by atoms with Crippen LogP contribution in [0.1, 0.15) is 52.1 Å². The van der Waals surface area contributed by atoms with E-state index in [1.165, 1.54) is 0 Å². The Kier molecular flexibility index (Phi) is 6.40. The topological polar surface area (TPSA) is 86.5 Å². The lowest BCUT2D eigenvalue weighted by molar-refractivity contribution is -0.110. The van der Waals surface area contributed by atoms with Gasteiger partial charge in [0.25, 0.3) is 11.8 Å². The summed E-state index contributed by atoms with van der Waals surface area (Å²) >= 11 is 3.53. The second-order valence-corrected chi connectivity index (χ2v) is 9.81. The molecule has 174 valence electrons. The predicted molar refractivity (Wildman–Crippen MR) is 132 cm³/mol. The number of carbonyl (C=O) groups excluding carboxylic acids is 2. The number of halogens is 1. The first-order valence-corrected chi connectivity index (χ1v) is 12.5. The number of morpholine rings is 1. The SMILES string of the molecule is Cc1[nH]c2c(c1C(=O)NCCCN1CCOCC1)CCC/C2=C1/C(=O)Nc2ccc(Br)cc21. The van der Waals surface area contributed by atoms with E-state index in [2.05, 4.69) is 36.4 Å². The number of ether oxygens (including phenoxy) is 1. The van der Waals surface area contributed by atoms with Crippen molar-refractivity contribution in [2.75, 3.05) is 44.7 Å². The van der Waals surface area contributed by atoms with Gasteiger partial charge in [-0.3, -0.25) is 14.5 Å². The van der Waals surface area contributed by atoms with Crippen LogP contribution in [-0.2, 0) is 16.0 Å². The molecule has 0 spiro atoms. The third-order valence-corrected chi connectivity index (χ3v) is 7.24. The van der Waals surface area contributed by atoms with E-state index in [1.54, 1.807) is 0 Å². The van der Waals surface area contributed by atoms with Gasteiger partial charge in [0.2, 0.25) is 0 Å². The fourth-order valence-electron chi connectivity index (χ4n) is 5.17. The third kappa shape index (κ3) is 4.39. The number of benzene rings is 1. The molecule has 5 rings (SSSR count). The van der Waals surface area contributed by atoms with Gasteiger partial charge in [0.05, 0.1) is 24.4 Å². The highest BCUT2D eigenvalue weighted by Crippen LogP contribution is 2.43. The first-order valence-electron chi connectivity index (χ1n) is 11.7. The highest BCUT2D eigenvalue weighted by atomic mass is 79.9. The Balaban J connectivity index is 1.37. The molecule has 0 bridgehead atoms. The van der Waals surface area contributed by atoms with Gasteiger partial charge in [-0.15, -0.1) is 0 Å². The number of amides is 2. The third-order valence-electron chi connectivity index (χ3n) is 6.74. The van der Waals surface area contributed by atoms with Gasteiger partial charge < -0.3 is 20.4 Å². The Labute approximate surface area is 202 Å². The van der Waals surface area contributed by atoms with Crippen molar-refractivity contribution < 1.29 is 14.3 Å². The number of fused-ring (bicyclic) bond motifs is 2. The van der Waals surface area contributed by atoms with Gasteiger partial charge in [0.1, 0.15) is 0 Å². The summed E-state index contributed by atoms with van der Waals surface area (Å²) < 4.78 is 6.33. The van der Waals surface area contributed by atoms with Gasteiger partial charge >= 0.3 is 0 Å². The lowest BCUT2D eigenvalue weighted by Crippen LogP contribution is -2.38. The fourth-order valence-corrected chi connectivity index (χ4v) is 5.53. The van der Waals surface area contributed by atoms with Gasteiger partial charge in [-0.2, -0.15) is 0 Å². The molecule has 3 N–H and O–H groups in total. The number of anilines is 1. The molecule has 0 saturated carbocycles. The molecule has 33 heavy (non-hydrogen) atoms. The summed E-state index contributed by atoms with van der Waals surface area (Å²) in [6.45, 7) is 7.06. The normalized spacial score (nSPS) is 20.4. The van der Waals surface area contributed by atoms with Crippen LogP contribution in [0.15, 0.2) is 22.7 Å². The summed E-state index contributed by atoms with van der Waals surface area (Å²) in [5, 5.41) is 6.10. The minimum Gasteiger partial charge on any atom is -0.379 e. The maximum Gasteiger partial charge on any atom is 0.256 e. The Hall–Kier alpha value is -2.42. The van der Waals surface area contributed by atoms with Crippen molar-refractivity contribution in [2.45, 2.75) is 32.6 Å². The molecule has 2 aromatic rings. The van der Waals surface area contributed by atoms with Crippen LogP contribution >= 0.6 is 15.9 Å². The van der Waals surface area contributed by atoms with E-state index < -0.39 is 0 Å². The molecular weight excluding hydrogens is 484 g/mol. The number of rotatable bonds is 5. The number of hydrogen-bond donors (Lipinski definition) is 3. The van der Waals surface area contributed by atoms with E-state index in [-0.39, 0.29) is 11.8 Å². The average Bonchev–Trinajstić information content (AvgIpc) is 3.32. The number of aromatic nitrogens is 1. The highest BCUT2D eigenvalue weighted by Gasteiger charge is 2.33. The van der Waals surface area contributed by atoms with E-state index in [1.807, 2.05) is 25.1 Å². The second-order valence-electron chi connectivity index (χ2n) is 8.89. The van der Waals surface area contributed by atoms with Crippen LogP contribution in [0.5, 0.6) is 0 Å². The zero-order chi connectivity index (χ0) is 22.9. The fraction of sp³-hybridized carbons (Fsp3) is 0.440. The number of carbonyl (C=O) groups is 2. The van der Waals surface area contributed by atoms with Crippen LogP contribution in [0.3, 0.4) is 0 Å². The Bertz CT molecular complexity index is 1130. The molecule has 1 aromatic carbocycles. The number of aromatic amines is 1. The maximum absolute atomic E-state index is 13.1. The minimum atomic E-state index is -0.0766. The quantitative estimate of drug-likeness (QED) is 0.420. The molecule has 8 heteroatoms. The Morgan fingerprint density at radius 2 is 2.06 bits per heavy atom. The standard InChI is InChI=1S/C25H29BrN4O3/c1-15-21(24(31)27-8-3-9-30-10-12-33-13-11-30)17-4-2-5-18(23(17)28-15)22-19-14-16(26)6-7-20(19)29-25(22)32/h6-7,14,28H,2-5,8-13H2,1H3,(H,27,31)(H,29,32)/b22-18-. The smallest absolute Gasteiger partial charge is 0.256 e. The number of allylic oxidation sites excluding steroid dienone is 1. The number of nitrogens with zero attached hydrogens (tertiary/aromatic N) is 1.